The molecular weight excluding hydrogens is 425 g/mol. The molecule has 4 heterocycles. The third kappa shape index (κ3) is 3.33. The maximum Gasteiger partial charge on any atom is 0.134 e. The molecular formula is C25H27ClFN5. The first kappa shape index (κ1) is 20.2. The van der Waals surface area contributed by atoms with Gasteiger partial charge in [0, 0.05) is 61.7 Å². The average molecular weight is 452 g/mol. The molecule has 166 valence electrons. The zero-order valence-electron chi connectivity index (χ0n) is 18.1. The Morgan fingerprint density at radius 3 is 2.91 bits per heavy atom. The molecule has 2 N–H and O–H groups in total. The molecule has 2 fully saturated rings. The number of alkyl halides is 1. The highest BCUT2D eigenvalue weighted by Gasteiger charge is 2.39. The second-order valence-electron chi connectivity index (χ2n) is 9.25. The smallest absolute Gasteiger partial charge is 0.134 e. The van der Waals surface area contributed by atoms with Gasteiger partial charge in [0.25, 0.3) is 0 Å². The molecule has 0 spiro atoms. The summed E-state index contributed by atoms with van der Waals surface area (Å²) in [6, 6.07) is 15.3. The minimum absolute atomic E-state index is 0.154. The van der Waals surface area contributed by atoms with Gasteiger partial charge in [-0.3, -0.25) is 9.88 Å². The lowest BCUT2D eigenvalue weighted by molar-refractivity contribution is 0.134. The van der Waals surface area contributed by atoms with E-state index in [1.165, 1.54) is 16.8 Å². The van der Waals surface area contributed by atoms with Crippen molar-refractivity contribution in [1.82, 2.24) is 15.2 Å². The molecule has 3 aliphatic heterocycles. The highest BCUT2D eigenvalue weighted by atomic mass is 35.5. The molecule has 0 radical (unpaired) electrons. The number of anilines is 2. The van der Waals surface area contributed by atoms with Crippen LogP contribution >= 0.6 is 11.6 Å². The van der Waals surface area contributed by atoms with Crippen LogP contribution < -0.4 is 15.5 Å². The Morgan fingerprint density at radius 2 is 2.06 bits per heavy atom. The summed E-state index contributed by atoms with van der Waals surface area (Å²) < 4.78 is 14.0. The van der Waals surface area contributed by atoms with Crippen LogP contribution in [-0.2, 0) is 6.54 Å². The maximum atomic E-state index is 14.0. The van der Waals surface area contributed by atoms with Crippen molar-refractivity contribution < 1.29 is 4.39 Å². The maximum absolute atomic E-state index is 14.0. The van der Waals surface area contributed by atoms with Crippen LogP contribution in [0.25, 0.3) is 10.9 Å². The van der Waals surface area contributed by atoms with Crippen LogP contribution in [0, 0.1) is 0 Å². The molecule has 0 aliphatic carbocycles. The number of piperazine rings is 1. The third-order valence-corrected chi connectivity index (χ3v) is 7.53. The van der Waals surface area contributed by atoms with E-state index >= 15 is 0 Å². The van der Waals surface area contributed by atoms with Gasteiger partial charge in [0.1, 0.15) is 6.17 Å². The summed E-state index contributed by atoms with van der Waals surface area (Å²) in [6.45, 7) is 6.23. The van der Waals surface area contributed by atoms with E-state index in [9.17, 15) is 4.39 Å². The molecule has 0 saturated carbocycles. The molecule has 32 heavy (non-hydrogen) atoms. The molecule has 0 amide bonds. The molecule has 7 heteroatoms. The van der Waals surface area contributed by atoms with Crippen LogP contribution in [0.4, 0.5) is 15.8 Å². The number of pyridine rings is 1. The zero-order valence-corrected chi connectivity index (χ0v) is 18.8. The Balaban J connectivity index is 1.29. The third-order valence-electron chi connectivity index (χ3n) is 7.23. The number of nitrogens with zero attached hydrogens (tertiary/aromatic N) is 3. The molecule has 0 unspecified atom stereocenters. The fourth-order valence-electron chi connectivity index (χ4n) is 5.61. The number of rotatable bonds is 3. The van der Waals surface area contributed by atoms with Gasteiger partial charge in [-0.1, -0.05) is 17.7 Å². The Labute approximate surface area is 192 Å². The summed E-state index contributed by atoms with van der Waals surface area (Å²) in [4.78, 5) is 9.58. The number of benzene rings is 2. The number of hydrogen-bond donors (Lipinski definition) is 2. The molecule has 3 aliphatic rings. The van der Waals surface area contributed by atoms with Crippen molar-refractivity contribution in [3.8, 4) is 0 Å². The number of aromatic nitrogens is 1. The van der Waals surface area contributed by atoms with E-state index < -0.39 is 6.17 Å². The van der Waals surface area contributed by atoms with Crippen molar-refractivity contribution in [2.45, 2.75) is 37.8 Å². The van der Waals surface area contributed by atoms with Gasteiger partial charge in [0.2, 0.25) is 0 Å². The molecule has 5 nitrogen and oxygen atoms in total. The minimum atomic E-state index is -0.841. The van der Waals surface area contributed by atoms with Crippen LogP contribution in [-0.4, -0.2) is 54.3 Å². The Hall–Kier alpha value is -2.41. The predicted molar refractivity (Wildman–Crippen MR) is 128 cm³/mol. The van der Waals surface area contributed by atoms with Crippen LogP contribution in [0.3, 0.4) is 0 Å². The van der Waals surface area contributed by atoms with Gasteiger partial charge in [-0.15, -0.1) is 0 Å². The van der Waals surface area contributed by atoms with Crippen LogP contribution in [0.1, 0.15) is 24.1 Å². The molecule has 6 rings (SSSR count). The molecule has 0 bridgehead atoms. The Morgan fingerprint density at radius 1 is 1.16 bits per heavy atom. The number of fused-ring (bicyclic) bond motifs is 4. The van der Waals surface area contributed by atoms with Gasteiger partial charge < -0.3 is 15.5 Å². The Kier molecular flexibility index (Phi) is 4.97. The number of nitrogens with one attached hydrogen (secondary N) is 2. The lowest BCUT2D eigenvalue weighted by Crippen LogP contribution is -2.51. The number of hydrogen-bond acceptors (Lipinski definition) is 5. The van der Waals surface area contributed by atoms with E-state index in [1.807, 2.05) is 12.1 Å². The fourth-order valence-corrected chi connectivity index (χ4v) is 5.83. The van der Waals surface area contributed by atoms with Gasteiger partial charge in [-0.25, -0.2) is 4.39 Å². The largest absolute Gasteiger partial charge is 0.378 e. The average Bonchev–Trinajstić information content (AvgIpc) is 3.37. The van der Waals surface area contributed by atoms with Gasteiger partial charge in [0.15, 0.2) is 0 Å². The van der Waals surface area contributed by atoms with Crippen molar-refractivity contribution in [2.24, 2.45) is 0 Å². The summed E-state index contributed by atoms with van der Waals surface area (Å²) >= 11 is 6.41. The van der Waals surface area contributed by atoms with Crippen LogP contribution in [0.2, 0.25) is 5.02 Å². The second-order valence-corrected chi connectivity index (χ2v) is 9.65. The predicted octanol–water partition coefficient (Wildman–Crippen LogP) is 4.38. The van der Waals surface area contributed by atoms with Crippen molar-refractivity contribution in [2.75, 3.05) is 36.4 Å². The second kappa shape index (κ2) is 7.87. The van der Waals surface area contributed by atoms with Gasteiger partial charge in [-0.05, 0) is 54.4 Å². The Bertz CT molecular complexity index is 1170. The van der Waals surface area contributed by atoms with E-state index in [0.717, 1.165) is 36.2 Å². The topological polar surface area (TPSA) is 43.4 Å². The summed E-state index contributed by atoms with van der Waals surface area (Å²) in [5, 5.41) is 8.29. The van der Waals surface area contributed by atoms with Crippen LogP contribution in [0.5, 0.6) is 0 Å². The van der Waals surface area contributed by atoms with E-state index in [4.69, 9.17) is 11.6 Å². The first-order chi connectivity index (χ1) is 15.6. The lowest BCUT2D eigenvalue weighted by Gasteiger charge is -2.43. The minimum Gasteiger partial charge on any atom is -0.378 e. The highest BCUT2D eigenvalue weighted by molar-refractivity contribution is 6.35. The first-order valence-electron chi connectivity index (χ1n) is 11.4. The monoisotopic (exact) mass is 451 g/mol. The molecule has 2 saturated heterocycles. The molecule has 1 aromatic heterocycles. The summed E-state index contributed by atoms with van der Waals surface area (Å²) in [5.41, 5.74) is 5.79. The quantitative estimate of drug-likeness (QED) is 0.618. The van der Waals surface area contributed by atoms with Gasteiger partial charge in [-0.2, -0.15) is 0 Å². The summed E-state index contributed by atoms with van der Waals surface area (Å²) in [6.07, 6.45) is 0.955. The van der Waals surface area contributed by atoms with Crippen molar-refractivity contribution in [1.29, 1.82) is 0 Å². The summed E-state index contributed by atoms with van der Waals surface area (Å²) in [5.74, 6) is 0. The van der Waals surface area contributed by atoms with E-state index in [0.29, 0.717) is 30.2 Å². The number of halogens is 2. The van der Waals surface area contributed by atoms with Gasteiger partial charge >= 0.3 is 0 Å². The van der Waals surface area contributed by atoms with Crippen molar-refractivity contribution in [3.63, 3.8) is 0 Å². The molecule has 2 aromatic carbocycles. The molecule has 3 aromatic rings. The zero-order chi connectivity index (χ0) is 21.8. The fraction of sp³-hybridized carbons (Fsp3) is 0.400. The molecule has 4 atom stereocenters. The van der Waals surface area contributed by atoms with Crippen molar-refractivity contribution >= 4 is 33.9 Å². The normalized spacial score (nSPS) is 27.5. The lowest BCUT2D eigenvalue weighted by atomic mass is 10.00. The van der Waals surface area contributed by atoms with E-state index in [2.05, 4.69) is 62.7 Å². The van der Waals surface area contributed by atoms with Crippen molar-refractivity contribution in [3.05, 3.63) is 64.8 Å². The van der Waals surface area contributed by atoms with E-state index in [-0.39, 0.29) is 6.04 Å². The van der Waals surface area contributed by atoms with E-state index in [1.54, 1.807) is 6.20 Å². The highest BCUT2D eigenvalue weighted by Crippen LogP contribution is 2.42. The van der Waals surface area contributed by atoms with Gasteiger partial charge in [0.05, 0.1) is 22.6 Å². The first-order valence-corrected chi connectivity index (χ1v) is 11.7. The SMILES string of the molecule is C[C@@H]1CN(c2ccc(Cl)c3ncccc23)C[C@@H]2c3ccc(N[C@H]4CNC[C@H]4F)cc3CN12. The summed E-state index contributed by atoms with van der Waals surface area (Å²) in [7, 11) is 0. The van der Waals surface area contributed by atoms with Crippen LogP contribution in [0.15, 0.2) is 48.7 Å². The standard InChI is InChI=1S/C25H27ClFN5/c1-15-12-31(23-7-6-20(26)25-19(23)3-2-8-29-25)14-24-18-5-4-17(9-16(18)13-32(15)24)30-22-11-28-10-21(22)27/h2-9,15,21-22,24,28,30H,10-14H2,1H3/t15-,21-,22+,24-/m1/s1.